The van der Waals surface area contributed by atoms with Crippen molar-refractivity contribution in [1.82, 2.24) is 9.80 Å². The summed E-state index contributed by atoms with van der Waals surface area (Å²) in [5, 5.41) is 0. The molecule has 104 valence electrons. The molecule has 1 aliphatic rings. The summed E-state index contributed by atoms with van der Waals surface area (Å²) in [5.74, 6) is -0.302. The molecular formula is C15H21FN2O. The average Bonchev–Trinajstić information content (AvgIpc) is 2.64. The van der Waals surface area contributed by atoms with Gasteiger partial charge >= 0.3 is 0 Å². The van der Waals surface area contributed by atoms with Gasteiger partial charge in [0.1, 0.15) is 5.82 Å². The molecule has 1 saturated heterocycles. The molecule has 1 amide bonds. The van der Waals surface area contributed by atoms with Crippen LogP contribution in [0.25, 0.3) is 0 Å². The maximum atomic E-state index is 12.9. The molecule has 2 rings (SSSR count). The second-order valence-corrected chi connectivity index (χ2v) is 5.28. The summed E-state index contributed by atoms with van der Waals surface area (Å²) in [6, 6.07) is 6.31. The standard InChI is InChI=1S/C15H21FN2O/c1-12(2)17-8-3-9-18(11-10-17)15(19)13-4-6-14(16)7-5-13/h4-7,12H,3,8-11H2,1-2H3. The minimum absolute atomic E-state index is 0.00519. The predicted octanol–water partition coefficient (Wildman–Crippen LogP) is 2.38. The summed E-state index contributed by atoms with van der Waals surface area (Å²) in [4.78, 5) is 16.6. The Kier molecular flexibility index (Phi) is 4.53. The van der Waals surface area contributed by atoms with Gasteiger partial charge in [0.2, 0.25) is 0 Å². The number of carbonyl (C=O) groups is 1. The van der Waals surface area contributed by atoms with Crippen molar-refractivity contribution in [1.29, 1.82) is 0 Å². The number of hydrogen-bond donors (Lipinski definition) is 0. The Hall–Kier alpha value is -1.42. The van der Waals surface area contributed by atoms with Crippen LogP contribution in [-0.4, -0.2) is 47.9 Å². The smallest absolute Gasteiger partial charge is 0.253 e. The Morgan fingerprint density at radius 1 is 1.11 bits per heavy atom. The van der Waals surface area contributed by atoms with Crippen LogP contribution >= 0.6 is 0 Å². The van der Waals surface area contributed by atoms with E-state index in [-0.39, 0.29) is 11.7 Å². The van der Waals surface area contributed by atoms with Crippen LogP contribution in [0, 0.1) is 5.82 Å². The Morgan fingerprint density at radius 3 is 2.42 bits per heavy atom. The topological polar surface area (TPSA) is 23.6 Å². The molecule has 0 saturated carbocycles. The molecule has 19 heavy (non-hydrogen) atoms. The number of halogens is 1. The minimum Gasteiger partial charge on any atom is -0.337 e. The van der Waals surface area contributed by atoms with Crippen LogP contribution in [0.1, 0.15) is 30.6 Å². The van der Waals surface area contributed by atoms with Crippen LogP contribution in [0.5, 0.6) is 0 Å². The third kappa shape index (κ3) is 3.53. The van der Waals surface area contributed by atoms with Crippen LogP contribution in [0.2, 0.25) is 0 Å². The Labute approximate surface area is 114 Å². The lowest BCUT2D eigenvalue weighted by molar-refractivity contribution is 0.0759. The molecule has 0 spiro atoms. The van der Waals surface area contributed by atoms with E-state index in [1.165, 1.54) is 12.1 Å². The van der Waals surface area contributed by atoms with E-state index in [1.54, 1.807) is 12.1 Å². The lowest BCUT2D eigenvalue weighted by Gasteiger charge is -2.24. The average molecular weight is 264 g/mol. The second kappa shape index (κ2) is 6.15. The zero-order valence-electron chi connectivity index (χ0n) is 11.6. The van der Waals surface area contributed by atoms with Crippen molar-refractivity contribution in [3.05, 3.63) is 35.6 Å². The zero-order valence-corrected chi connectivity index (χ0v) is 11.6. The van der Waals surface area contributed by atoms with E-state index in [0.717, 1.165) is 32.6 Å². The summed E-state index contributed by atoms with van der Waals surface area (Å²) in [6.07, 6.45) is 0.991. The molecule has 0 N–H and O–H groups in total. The first kappa shape index (κ1) is 14.0. The fourth-order valence-corrected chi connectivity index (χ4v) is 2.43. The Morgan fingerprint density at radius 2 is 1.79 bits per heavy atom. The van der Waals surface area contributed by atoms with Crippen LogP contribution in [-0.2, 0) is 0 Å². The molecule has 0 aliphatic carbocycles. The van der Waals surface area contributed by atoms with E-state index in [1.807, 2.05) is 4.90 Å². The van der Waals surface area contributed by atoms with Crippen molar-refractivity contribution in [2.45, 2.75) is 26.3 Å². The number of rotatable bonds is 2. The van der Waals surface area contributed by atoms with Crippen molar-refractivity contribution in [2.75, 3.05) is 26.2 Å². The minimum atomic E-state index is -0.307. The molecule has 3 nitrogen and oxygen atoms in total. The van der Waals surface area contributed by atoms with Gasteiger partial charge in [-0.25, -0.2) is 4.39 Å². The van der Waals surface area contributed by atoms with Crippen molar-refractivity contribution in [3.8, 4) is 0 Å². The van der Waals surface area contributed by atoms with Gasteiger partial charge < -0.3 is 4.90 Å². The van der Waals surface area contributed by atoms with Gasteiger partial charge in [-0.15, -0.1) is 0 Å². The van der Waals surface area contributed by atoms with Gasteiger partial charge in [0.05, 0.1) is 0 Å². The summed E-state index contributed by atoms with van der Waals surface area (Å²) in [5.41, 5.74) is 0.569. The number of hydrogen-bond acceptors (Lipinski definition) is 2. The molecule has 0 atom stereocenters. The highest BCUT2D eigenvalue weighted by Gasteiger charge is 2.21. The molecule has 1 aromatic rings. The third-order valence-corrected chi connectivity index (χ3v) is 3.64. The zero-order chi connectivity index (χ0) is 13.8. The highest BCUT2D eigenvalue weighted by atomic mass is 19.1. The lowest BCUT2D eigenvalue weighted by Crippen LogP contribution is -2.37. The predicted molar refractivity (Wildman–Crippen MR) is 73.6 cm³/mol. The van der Waals surface area contributed by atoms with Gasteiger partial charge in [-0.05, 0) is 44.5 Å². The highest BCUT2D eigenvalue weighted by Crippen LogP contribution is 2.11. The highest BCUT2D eigenvalue weighted by molar-refractivity contribution is 5.94. The number of carbonyl (C=O) groups excluding carboxylic acids is 1. The van der Waals surface area contributed by atoms with Crippen LogP contribution in [0.4, 0.5) is 4.39 Å². The molecule has 1 aromatic carbocycles. The van der Waals surface area contributed by atoms with Crippen molar-refractivity contribution < 1.29 is 9.18 Å². The van der Waals surface area contributed by atoms with Crippen LogP contribution in [0.15, 0.2) is 24.3 Å². The molecular weight excluding hydrogens is 243 g/mol. The fraction of sp³-hybridized carbons (Fsp3) is 0.533. The number of benzene rings is 1. The van der Waals surface area contributed by atoms with E-state index in [4.69, 9.17) is 0 Å². The Bertz CT molecular complexity index is 430. The lowest BCUT2D eigenvalue weighted by atomic mass is 10.2. The van der Waals surface area contributed by atoms with Crippen molar-refractivity contribution in [2.24, 2.45) is 0 Å². The van der Waals surface area contributed by atoms with Gasteiger partial charge in [-0.3, -0.25) is 9.69 Å². The van der Waals surface area contributed by atoms with E-state index in [9.17, 15) is 9.18 Å². The molecule has 1 heterocycles. The maximum Gasteiger partial charge on any atom is 0.253 e. The van der Waals surface area contributed by atoms with Gasteiger partial charge in [0.25, 0.3) is 5.91 Å². The maximum absolute atomic E-state index is 12.9. The molecule has 1 fully saturated rings. The normalized spacial score (nSPS) is 17.6. The largest absolute Gasteiger partial charge is 0.337 e. The Balaban J connectivity index is 2.02. The van der Waals surface area contributed by atoms with E-state index in [2.05, 4.69) is 18.7 Å². The summed E-state index contributed by atoms with van der Waals surface area (Å²) in [7, 11) is 0. The van der Waals surface area contributed by atoms with E-state index >= 15 is 0 Å². The first-order chi connectivity index (χ1) is 9.08. The van der Waals surface area contributed by atoms with Gasteiger partial charge in [0, 0.05) is 37.8 Å². The summed E-state index contributed by atoms with van der Waals surface area (Å²) >= 11 is 0. The van der Waals surface area contributed by atoms with Gasteiger partial charge in [-0.2, -0.15) is 0 Å². The van der Waals surface area contributed by atoms with Crippen LogP contribution in [0.3, 0.4) is 0 Å². The van der Waals surface area contributed by atoms with Crippen molar-refractivity contribution in [3.63, 3.8) is 0 Å². The summed E-state index contributed by atoms with van der Waals surface area (Å²) in [6.45, 7) is 7.82. The first-order valence-electron chi connectivity index (χ1n) is 6.87. The number of amides is 1. The first-order valence-corrected chi connectivity index (χ1v) is 6.87. The molecule has 4 heteroatoms. The number of nitrogens with zero attached hydrogens (tertiary/aromatic N) is 2. The monoisotopic (exact) mass is 264 g/mol. The van der Waals surface area contributed by atoms with Gasteiger partial charge in [-0.1, -0.05) is 0 Å². The molecule has 0 aromatic heterocycles. The van der Waals surface area contributed by atoms with Gasteiger partial charge in [0.15, 0.2) is 0 Å². The quantitative estimate of drug-likeness (QED) is 0.819. The molecule has 0 unspecified atom stereocenters. The third-order valence-electron chi connectivity index (χ3n) is 3.64. The van der Waals surface area contributed by atoms with E-state index < -0.39 is 0 Å². The summed E-state index contributed by atoms with van der Waals surface area (Å²) < 4.78 is 12.9. The van der Waals surface area contributed by atoms with Crippen LogP contribution < -0.4 is 0 Å². The second-order valence-electron chi connectivity index (χ2n) is 5.28. The van der Waals surface area contributed by atoms with Crippen molar-refractivity contribution >= 4 is 5.91 Å². The fourth-order valence-electron chi connectivity index (χ4n) is 2.43. The molecule has 1 aliphatic heterocycles. The SMILES string of the molecule is CC(C)N1CCCN(C(=O)c2ccc(F)cc2)CC1. The molecule has 0 bridgehead atoms. The van der Waals surface area contributed by atoms with E-state index in [0.29, 0.717) is 11.6 Å². The molecule has 0 radical (unpaired) electrons.